The van der Waals surface area contributed by atoms with Crippen LogP contribution in [0.3, 0.4) is 0 Å². The maximum Gasteiger partial charge on any atom is 0.335 e. The summed E-state index contributed by atoms with van der Waals surface area (Å²) in [5, 5.41) is 8.85. The lowest BCUT2D eigenvalue weighted by atomic mass is 9.76. The Morgan fingerprint density at radius 3 is 2.75 bits per heavy atom. The zero-order chi connectivity index (χ0) is 11.9. The van der Waals surface area contributed by atoms with E-state index in [2.05, 4.69) is 4.74 Å². The fraction of sp³-hybridized carbons (Fsp3) is 0.500. The Balaban J connectivity index is 2.32. The number of rotatable bonds is 2. The molecule has 0 spiro atoms. The van der Waals surface area contributed by atoms with E-state index >= 15 is 0 Å². The molecule has 86 valence electrons. The molecule has 16 heavy (non-hydrogen) atoms. The summed E-state index contributed by atoms with van der Waals surface area (Å²) in [6, 6.07) is 0. The second kappa shape index (κ2) is 3.62. The molecule has 3 rings (SSSR count). The third kappa shape index (κ3) is 1.46. The normalized spacial score (nSPS) is 31.7. The third-order valence-electron chi connectivity index (χ3n) is 2.89. The Morgan fingerprint density at radius 2 is 2.25 bits per heavy atom. The Labute approximate surface area is 90.8 Å². The van der Waals surface area contributed by atoms with Crippen molar-refractivity contribution in [1.29, 1.82) is 0 Å². The van der Waals surface area contributed by atoms with Crippen LogP contribution in [0.2, 0.25) is 0 Å². The number of methoxy groups -OCH3 is 1. The molecule has 0 amide bonds. The van der Waals surface area contributed by atoms with Crippen LogP contribution in [-0.4, -0.2) is 36.2 Å². The summed E-state index contributed by atoms with van der Waals surface area (Å²) in [6.07, 6.45) is 0.643. The summed E-state index contributed by atoms with van der Waals surface area (Å²) in [5.74, 6) is -3.64. The van der Waals surface area contributed by atoms with E-state index in [4.69, 9.17) is 9.84 Å². The zero-order valence-electron chi connectivity index (χ0n) is 8.50. The van der Waals surface area contributed by atoms with Crippen molar-refractivity contribution in [2.75, 3.05) is 7.11 Å². The third-order valence-corrected chi connectivity index (χ3v) is 2.89. The average Bonchev–Trinajstić information content (AvgIpc) is 2.27. The van der Waals surface area contributed by atoms with Gasteiger partial charge in [-0.25, -0.2) is 4.79 Å². The molecular weight excluding hydrogens is 216 g/mol. The molecule has 1 aliphatic carbocycles. The minimum absolute atomic E-state index is 0.0461. The highest BCUT2D eigenvalue weighted by Crippen LogP contribution is 2.38. The Hall–Kier alpha value is -1.85. The molecule has 1 fully saturated rings. The number of hydrogen-bond acceptors (Lipinski definition) is 5. The largest absolute Gasteiger partial charge is 0.478 e. The molecule has 0 radical (unpaired) electrons. The molecule has 6 nitrogen and oxygen atoms in total. The van der Waals surface area contributed by atoms with E-state index in [-0.39, 0.29) is 12.0 Å². The van der Waals surface area contributed by atoms with Gasteiger partial charge in [-0.2, -0.15) is 0 Å². The molecule has 3 aliphatic rings. The van der Waals surface area contributed by atoms with Gasteiger partial charge in [0.1, 0.15) is 6.10 Å². The van der Waals surface area contributed by atoms with E-state index in [1.807, 2.05) is 0 Å². The van der Waals surface area contributed by atoms with E-state index in [0.717, 1.165) is 0 Å². The molecule has 3 atom stereocenters. The van der Waals surface area contributed by atoms with Crippen molar-refractivity contribution in [2.24, 2.45) is 11.8 Å². The van der Waals surface area contributed by atoms with Crippen LogP contribution in [0.1, 0.15) is 6.42 Å². The fourth-order valence-electron chi connectivity index (χ4n) is 2.09. The summed E-state index contributed by atoms with van der Waals surface area (Å²) in [7, 11) is 1.23. The molecule has 1 saturated heterocycles. The lowest BCUT2D eigenvalue weighted by Crippen LogP contribution is -2.47. The minimum atomic E-state index is -1.12. The summed E-state index contributed by atoms with van der Waals surface area (Å²) in [4.78, 5) is 33.6. The van der Waals surface area contributed by atoms with E-state index in [0.29, 0.717) is 0 Å². The van der Waals surface area contributed by atoms with Crippen LogP contribution >= 0.6 is 0 Å². The quantitative estimate of drug-likeness (QED) is 0.652. The zero-order valence-corrected chi connectivity index (χ0v) is 8.50. The van der Waals surface area contributed by atoms with Crippen molar-refractivity contribution in [3.63, 3.8) is 0 Å². The maximum absolute atomic E-state index is 11.4. The highest BCUT2D eigenvalue weighted by molar-refractivity contribution is 5.94. The molecule has 0 unspecified atom stereocenters. The van der Waals surface area contributed by atoms with Gasteiger partial charge >= 0.3 is 17.9 Å². The van der Waals surface area contributed by atoms with Crippen molar-refractivity contribution in [3.05, 3.63) is 11.6 Å². The minimum Gasteiger partial charge on any atom is -0.478 e. The lowest BCUT2D eigenvalue weighted by Gasteiger charge is -2.37. The van der Waals surface area contributed by atoms with E-state index < -0.39 is 35.8 Å². The number of fused-ring (bicyclic) bond motifs is 2. The highest BCUT2D eigenvalue weighted by Gasteiger charge is 2.48. The Kier molecular flexibility index (Phi) is 2.41. The van der Waals surface area contributed by atoms with Crippen LogP contribution in [0, 0.1) is 11.8 Å². The van der Waals surface area contributed by atoms with Crippen LogP contribution in [0.5, 0.6) is 0 Å². The molecule has 2 bridgehead atoms. The van der Waals surface area contributed by atoms with Gasteiger partial charge in [0.2, 0.25) is 0 Å². The lowest BCUT2D eigenvalue weighted by molar-refractivity contribution is -0.172. The van der Waals surface area contributed by atoms with Crippen LogP contribution in [0.15, 0.2) is 11.6 Å². The topological polar surface area (TPSA) is 89.9 Å². The smallest absolute Gasteiger partial charge is 0.335 e. The van der Waals surface area contributed by atoms with Crippen LogP contribution in [0.25, 0.3) is 0 Å². The van der Waals surface area contributed by atoms with E-state index in [1.165, 1.54) is 13.2 Å². The van der Waals surface area contributed by atoms with Crippen LogP contribution in [-0.2, 0) is 23.9 Å². The second-order valence-electron chi connectivity index (χ2n) is 3.74. The number of hydrogen-bond donors (Lipinski definition) is 1. The summed E-state index contributed by atoms with van der Waals surface area (Å²) in [6.45, 7) is 0. The van der Waals surface area contributed by atoms with Crippen molar-refractivity contribution in [1.82, 2.24) is 0 Å². The Morgan fingerprint density at radius 1 is 1.56 bits per heavy atom. The van der Waals surface area contributed by atoms with Gasteiger partial charge < -0.3 is 14.6 Å². The van der Waals surface area contributed by atoms with Gasteiger partial charge in [0.25, 0.3) is 0 Å². The first-order valence-electron chi connectivity index (χ1n) is 4.78. The van der Waals surface area contributed by atoms with Crippen LogP contribution < -0.4 is 0 Å². The molecule has 0 aromatic rings. The standard InChI is InChI=1S/C10H10O6/c1-15-9(13)5-3-7-6(8(11)12)2-4(5)10(14)16-7/h2,4-5,7H,3H2,1H3,(H,11,12)/t4-,5-,7-/m0/s1. The monoisotopic (exact) mass is 226 g/mol. The van der Waals surface area contributed by atoms with Gasteiger partial charge in [0.05, 0.1) is 24.5 Å². The predicted octanol–water partition coefficient (Wildman–Crippen LogP) is -0.268. The molecule has 1 N–H and O–H groups in total. The first kappa shape index (κ1) is 10.7. The first-order valence-corrected chi connectivity index (χ1v) is 4.78. The number of carboxylic acids is 1. The van der Waals surface area contributed by atoms with Gasteiger partial charge in [-0.05, 0) is 0 Å². The second-order valence-corrected chi connectivity index (χ2v) is 3.74. The van der Waals surface area contributed by atoms with Gasteiger partial charge in [-0.15, -0.1) is 0 Å². The van der Waals surface area contributed by atoms with E-state index in [1.54, 1.807) is 0 Å². The summed E-state index contributed by atoms with van der Waals surface area (Å²) in [5.41, 5.74) is 0.0461. The number of carbonyl (C=O) groups is 3. The average molecular weight is 226 g/mol. The van der Waals surface area contributed by atoms with Gasteiger partial charge in [0.15, 0.2) is 0 Å². The van der Waals surface area contributed by atoms with Crippen molar-refractivity contribution >= 4 is 17.9 Å². The predicted molar refractivity (Wildman–Crippen MR) is 49.2 cm³/mol. The number of carboxylic acid groups (broad SMARTS) is 1. The van der Waals surface area contributed by atoms with Gasteiger partial charge in [-0.3, -0.25) is 9.59 Å². The molecule has 2 heterocycles. The number of ether oxygens (including phenoxy) is 2. The van der Waals surface area contributed by atoms with Crippen molar-refractivity contribution < 1.29 is 29.0 Å². The SMILES string of the molecule is COC(=O)[C@H]1C[C@@H]2OC(=O)[C@H]1C=C2C(=O)O. The number of aliphatic carboxylic acids is 1. The van der Waals surface area contributed by atoms with Crippen molar-refractivity contribution in [2.45, 2.75) is 12.5 Å². The molecular formula is C10H10O6. The number of esters is 2. The maximum atomic E-state index is 11.4. The summed E-state index contributed by atoms with van der Waals surface area (Å²) < 4.78 is 9.45. The molecule has 0 saturated carbocycles. The van der Waals surface area contributed by atoms with Gasteiger partial charge in [-0.1, -0.05) is 6.08 Å². The van der Waals surface area contributed by atoms with E-state index in [9.17, 15) is 14.4 Å². The molecule has 0 aromatic carbocycles. The highest BCUT2D eigenvalue weighted by atomic mass is 16.6. The molecule has 2 aliphatic heterocycles. The Bertz CT molecular complexity index is 396. The van der Waals surface area contributed by atoms with Crippen LogP contribution in [0.4, 0.5) is 0 Å². The van der Waals surface area contributed by atoms with Gasteiger partial charge in [0, 0.05) is 6.42 Å². The number of carbonyl (C=O) groups excluding carboxylic acids is 2. The molecule has 0 aromatic heterocycles. The fourth-order valence-corrected chi connectivity index (χ4v) is 2.09. The molecule has 6 heteroatoms. The van der Waals surface area contributed by atoms with Crippen molar-refractivity contribution in [3.8, 4) is 0 Å². The first-order chi connectivity index (χ1) is 7.54. The summed E-state index contributed by atoms with van der Waals surface area (Å²) >= 11 is 0.